The van der Waals surface area contributed by atoms with Gasteiger partial charge in [0, 0.05) is 11.9 Å². The van der Waals surface area contributed by atoms with Crippen molar-refractivity contribution < 1.29 is 19.5 Å². The van der Waals surface area contributed by atoms with E-state index in [4.69, 9.17) is 5.11 Å². The average Bonchev–Trinajstić information content (AvgIpc) is 2.63. The van der Waals surface area contributed by atoms with E-state index in [0.717, 1.165) is 4.88 Å². The lowest BCUT2D eigenvalue weighted by molar-refractivity contribution is -0.122. The molecule has 0 radical (unpaired) electrons. The van der Waals surface area contributed by atoms with Gasteiger partial charge in [0.1, 0.15) is 11.0 Å². The first-order valence-electron chi connectivity index (χ1n) is 5.90. The van der Waals surface area contributed by atoms with Crippen molar-refractivity contribution in [2.24, 2.45) is 0 Å². The predicted octanol–water partition coefficient (Wildman–Crippen LogP) is 1.32. The largest absolute Gasteiger partial charge is 0.478 e. The number of likely N-dealkylation sites (N-methyl/N-ethyl adjacent to an activating group) is 1. The van der Waals surface area contributed by atoms with E-state index in [-0.39, 0.29) is 16.5 Å². The highest BCUT2D eigenvalue weighted by atomic mass is 32.1. The van der Waals surface area contributed by atoms with Gasteiger partial charge in [-0.25, -0.2) is 9.59 Å². The monoisotopic (exact) mass is 299 g/mol. The van der Waals surface area contributed by atoms with Crippen molar-refractivity contribution in [3.8, 4) is 0 Å². The van der Waals surface area contributed by atoms with Crippen LogP contribution in [0.5, 0.6) is 0 Å². The van der Waals surface area contributed by atoms with Gasteiger partial charge in [0.05, 0.1) is 5.56 Å². The molecule has 0 aliphatic heterocycles. The van der Waals surface area contributed by atoms with E-state index in [1.165, 1.54) is 25.3 Å². The fourth-order valence-electron chi connectivity index (χ4n) is 1.59. The summed E-state index contributed by atoms with van der Waals surface area (Å²) < 4.78 is 0. The Morgan fingerprint density at radius 1 is 1.25 bits per heavy atom. The Balaban J connectivity index is 2.84. The molecular formula is C12H17N3O4S. The minimum atomic E-state index is -1.10. The number of rotatable bonds is 4. The van der Waals surface area contributed by atoms with Crippen LogP contribution in [0.1, 0.15) is 27.7 Å². The molecule has 1 heterocycles. The number of aromatic carboxylic acids is 1. The maximum atomic E-state index is 11.8. The van der Waals surface area contributed by atoms with Crippen LogP contribution >= 0.6 is 11.3 Å². The first-order valence-corrected chi connectivity index (χ1v) is 6.72. The molecule has 1 aromatic rings. The second-order valence-corrected chi connectivity index (χ2v) is 5.45. The molecule has 3 amide bonds. The number of carboxylic acid groups (broad SMARTS) is 1. The molecule has 0 saturated heterocycles. The second-order valence-electron chi connectivity index (χ2n) is 4.23. The van der Waals surface area contributed by atoms with Crippen molar-refractivity contribution in [3.05, 3.63) is 16.0 Å². The molecule has 0 saturated carbocycles. The first kappa shape index (κ1) is 16.0. The molecule has 0 aliphatic carbocycles. The van der Waals surface area contributed by atoms with Gasteiger partial charge in [0.25, 0.3) is 0 Å². The lowest BCUT2D eigenvalue weighted by Crippen LogP contribution is -2.45. The van der Waals surface area contributed by atoms with Crippen LogP contribution in [0.3, 0.4) is 0 Å². The smallest absolute Gasteiger partial charge is 0.338 e. The SMILES string of the molecule is CNC(=O)C(C)NC(=O)Nc1sc(C)c(C)c1C(=O)O. The van der Waals surface area contributed by atoms with E-state index >= 15 is 0 Å². The summed E-state index contributed by atoms with van der Waals surface area (Å²) in [5.41, 5.74) is 0.701. The quantitative estimate of drug-likeness (QED) is 0.672. The topological polar surface area (TPSA) is 108 Å². The zero-order chi connectivity index (χ0) is 15.4. The van der Waals surface area contributed by atoms with E-state index < -0.39 is 18.0 Å². The van der Waals surface area contributed by atoms with Gasteiger partial charge in [-0.1, -0.05) is 0 Å². The molecule has 0 aliphatic rings. The van der Waals surface area contributed by atoms with Crippen molar-refractivity contribution in [1.29, 1.82) is 0 Å². The zero-order valence-electron chi connectivity index (χ0n) is 11.7. The summed E-state index contributed by atoms with van der Waals surface area (Å²) in [5.74, 6) is -1.43. The number of hydrogen-bond donors (Lipinski definition) is 4. The first-order chi connectivity index (χ1) is 9.27. The van der Waals surface area contributed by atoms with Crippen LogP contribution < -0.4 is 16.0 Å². The van der Waals surface area contributed by atoms with Crippen LogP contribution in [0.4, 0.5) is 9.80 Å². The maximum absolute atomic E-state index is 11.8. The highest BCUT2D eigenvalue weighted by Crippen LogP contribution is 2.32. The Morgan fingerprint density at radius 2 is 1.85 bits per heavy atom. The van der Waals surface area contributed by atoms with Gasteiger partial charge in [-0.2, -0.15) is 0 Å². The van der Waals surface area contributed by atoms with Gasteiger partial charge in [-0.15, -0.1) is 11.3 Å². The van der Waals surface area contributed by atoms with Gasteiger partial charge in [-0.3, -0.25) is 10.1 Å². The van der Waals surface area contributed by atoms with Crippen molar-refractivity contribution in [1.82, 2.24) is 10.6 Å². The summed E-state index contributed by atoms with van der Waals surface area (Å²) in [6, 6.07) is -1.33. The van der Waals surface area contributed by atoms with Crippen LogP contribution in [0, 0.1) is 13.8 Å². The molecule has 110 valence electrons. The lowest BCUT2D eigenvalue weighted by Gasteiger charge is -2.12. The number of amides is 3. The number of urea groups is 1. The molecule has 1 atom stereocenters. The summed E-state index contributed by atoms with van der Waals surface area (Å²) in [6.45, 7) is 5.00. The van der Waals surface area contributed by atoms with Gasteiger partial charge in [0.15, 0.2) is 0 Å². The summed E-state index contributed by atoms with van der Waals surface area (Å²) in [5, 5.41) is 16.7. The average molecular weight is 299 g/mol. The zero-order valence-corrected chi connectivity index (χ0v) is 12.5. The number of carbonyl (C=O) groups excluding carboxylic acids is 2. The van der Waals surface area contributed by atoms with E-state index in [1.807, 2.05) is 0 Å². The number of aryl methyl sites for hydroxylation is 1. The van der Waals surface area contributed by atoms with Crippen LogP contribution in [0.2, 0.25) is 0 Å². The third-order valence-electron chi connectivity index (χ3n) is 2.81. The lowest BCUT2D eigenvalue weighted by atomic mass is 10.1. The van der Waals surface area contributed by atoms with E-state index in [9.17, 15) is 14.4 Å². The third-order valence-corrected chi connectivity index (χ3v) is 3.94. The minimum Gasteiger partial charge on any atom is -0.478 e. The Bertz CT molecular complexity index is 553. The molecule has 1 aromatic heterocycles. The second kappa shape index (κ2) is 6.38. The van der Waals surface area contributed by atoms with Crippen LogP contribution in [-0.2, 0) is 4.79 Å². The third kappa shape index (κ3) is 3.47. The molecule has 0 aromatic carbocycles. The molecular weight excluding hydrogens is 282 g/mol. The Hall–Kier alpha value is -2.09. The molecule has 0 bridgehead atoms. The number of thiophene rings is 1. The molecule has 7 nitrogen and oxygen atoms in total. The highest BCUT2D eigenvalue weighted by Gasteiger charge is 2.21. The molecule has 1 unspecified atom stereocenters. The summed E-state index contributed by atoms with van der Waals surface area (Å²) >= 11 is 1.19. The summed E-state index contributed by atoms with van der Waals surface area (Å²) in [6.07, 6.45) is 0. The maximum Gasteiger partial charge on any atom is 0.338 e. The van der Waals surface area contributed by atoms with E-state index in [0.29, 0.717) is 5.56 Å². The van der Waals surface area contributed by atoms with Gasteiger partial charge < -0.3 is 15.7 Å². The Labute approximate surface area is 120 Å². The van der Waals surface area contributed by atoms with Crippen LogP contribution in [-0.4, -0.2) is 36.1 Å². The van der Waals surface area contributed by atoms with Gasteiger partial charge in [0.2, 0.25) is 5.91 Å². The van der Waals surface area contributed by atoms with E-state index in [2.05, 4.69) is 16.0 Å². The number of carboxylic acids is 1. The molecule has 0 spiro atoms. The van der Waals surface area contributed by atoms with Crippen molar-refractivity contribution in [2.45, 2.75) is 26.8 Å². The Morgan fingerprint density at radius 3 is 2.35 bits per heavy atom. The van der Waals surface area contributed by atoms with E-state index in [1.54, 1.807) is 13.8 Å². The molecule has 4 N–H and O–H groups in total. The minimum absolute atomic E-state index is 0.0789. The predicted molar refractivity (Wildman–Crippen MR) is 76.4 cm³/mol. The van der Waals surface area contributed by atoms with Gasteiger partial charge >= 0.3 is 12.0 Å². The number of nitrogens with one attached hydrogen (secondary N) is 3. The highest BCUT2D eigenvalue weighted by molar-refractivity contribution is 7.16. The van der Waals surface area contributed by atoms with Crippen LogP contribution in [0.15, 0.2) is 0 Å². The normalized spacial score (nSPS) is 11.6. The van der Waals surface area contributed by atoms with Crippen LogP contribution in [0.25, 0.3) is 0 Å². The molecule has 20 heavy (non-hydrogen) atoms. The number of anilines is 1. The fourth-order valence-corrected chi connectivity index (χ4v) is 2.64. The standard InChI is InChI=1S/C12H17N3O4S/c1-5-7(3)20-10(8(5)11(17)18)15-12(19)14-6(2)9(16)13-4/h6H,1-4H3,(H,13,16)(H,17,18)(H2,14,15,19). The fraction of sp³-hybridized carbons (Fsp3) is 0.417. The van der Waals surface area contributed by atoms with Crippen molar-refractivity contribution in [2.75, 3.05) is 12.4 Å². The molecule has 1 rings (SSSR count). The molecule has 8 heteroatoms. The summed E-state index contributed by atoms with van der Waals surface area (Å²) in [7, 11) is 1.47. The van der Waals surface area contributed by atoms with Crippen molar-refractivity contribution in [3.63, 3.8) is 0 Å². The van der Waals surface area contributed by atoms with Crippen molar-refractivity contribution >= 4 is 34.2 Å². The number of hydrogen-bond acceptors (Lipinski definition) is 4. The molecule has 0 fully saturated rings. The van der Waals surface area contributed by atoms with Gasteiger partial charge in [-0.05, 0) is 26.3 Å². The summed E-state index contributed by atoms with van der Waals surface area (Å²) in [4.78, 5) is 35.0. The Kier molecular flexibility index (Phi) is 5.09. The number of carbonyl (C=O) groups is 3.